The molecule has 5 heteroatoms. The summed E-state index contributed by atoms with van der Waals surface area (Å²) in [6.07, 6.45) is 1.65. The van der Waals surface area contributed by atoms with Crippen LogP contribution in [0.2, 0.25) is 0 Å². The summed E-state index contributed by atoms with van der Waals surface area (Å²) in [6.45, 7) is 10.5. The Morgan fingerprint density at radius 3 is 2.33 bits per heavy atom. The number of nitrogens with zero attached hydrogens (tertiary/aromatic N) is 3. The largest absolute Gasteiger partial charge is 0.476 e. The molecule has 0 amide bonds. The first kappa shape index (κ1) is 14.7. The Morgan fingerprint density at radius 2 is 1.89 bits per heavy atom. The molecule has 0 radical (unpaired) electrons. The Kier molecular flexibility index (Phi) is 4.87. The normalized spacial score (nSPS) is 13.3. The number of carboxylic acids is 1. The van der Waals surface area contributed by atoms with E-state index in [4.69, 9.17) is 5.11 Å². The van der Waals surface area contributed by atoms with Gasteiger partial charge in [0.1, 0.15) is 0 Å². The highest BCUT2D eigenvalue weighted by molar-refractivity contribution is 5.86. The second-order valence-electron chi connectivity index (χ2n) is 5.55. The summed E-state index contributed by atoms with van der Waals surface area (Å²) in [5.74, 6) is -0.0635. The van der Waals surface area contributed by atoms with E-state index in [1.807, 2.05) is 6.92 Å². The highest BCUT2D eigenvalue weighted by Gasteiger charge is 2.22. The van der Waals surface area contributed by atoms with Crippen molar-refractivity contribution < 1.29 is 9.90 Å². The van der Waals surface area contributed by atoms with E-state index in [1.54, 1.807) is 4.68 Å². The van der Waals surface area contributed by atoms with E-state index in [0.717, 1.165) is 12.1 Å². The zero-order chi connectivity index (χ0) is 13.9. The molecular weight excluding hydrogens is 230 g/mol. The molecule has 1 aromatic rings. The minimum Gasteiger partial charge on any atom is -0.476 e. The molecule has 5 nitrogen and oxygen atoms in total. The molecule has 1 N–H and O–H groups in total. The first-order valence-electron chi connectivity index (χ1n) is 6.52. The second-order valence-corrected chi connectivity index (χ2v) is 5.55. The Labute approximate surface area is 108 Å². The van der Waals surface area contributed by atoms with Crippen molar-refractivity contribution >= 4 is 5.97 Å². The molecule has 0 bridgehead atoms. The number of carbonyl (C=O) groups is 1. The summed E-state index contributed by atoms with van der Waals surface area (Å²) >= 11 is 0. The maximum absolute atomic E-state index is 11.2. The molecule has 1 unspecified atom stereocenters. The summed E-state index contributed by atoms with van der Waals surface area (Å²) in [7, 11) is 0. The fourth-order valence-electron chi connectivity index (χ4n) is 1.75. The Morgan fingerprint density at radius 1 is 1.28 bits per heavy atom. The quantitative estimate of drug-likeness (QED) is 0.846. The summed E-state index contributed by atoms with van der Waals surface area (Å²) < 4.78 is 1.77. The molecule has 1 rings (SSSR count). The number of rotatable bonds is 6. The molecule has 1 aromatic heterocycles. The molecule has 102 valence electrons. The lowest BCUT2D eigenvalue weighted by Gasteiger charge is -2.18. The average molecular weight is 253 g/mol. The maximum Gasteiger partial charge on any atom is 0.358 e. The number of hydrogen-bond donors (Lipinski definition) is 1. The molecule has 0 aliphatic rings. The van der Waals surface area contributed by atoms with Gasteiger partial charge in [-0.05, 0) is 31.6 Å². The predicted octanol–water partition coefficient (Wildman–Crippen LogP) is 2.78. The third kappa shape index (κ3) is 3.31. The van der Waals surface area contributed by atoms with Crippen molar-refractivity contribution in [1.82, 2.24) is 15.0 Å². The highest BCUT2D eigenvalue weighted by Crippen LogP contribution is 2.21. The minimum atomic E-state index is -0.990. The van der Waals surface area contributed by atoms with Gasteiger partial charge in [0.05, 0.1) is 11.7 Å². The second kappa shape index (κ2) is 5.98. The van der Waals surface area contributed by atoms with Gasteiger partial charge in [0, 0.05) is 0 Å². The van der Waals surface area contributed by atoms with Gasteiger partial charge in [0.25, 0.3) is 0 Å². The number of carboxylic acid groups (broad SMARTS) is 1. The monoisotopic (exact) mass is 253 g/mol. The van der Waals surface area contributed by atoms with Crippen LogP contribution in [0.25, 0.3) is 0 Å². The molecule has 0 aliphatic carbocycles. The molecule has 0 aromatic carbocycles. The van der Waals surface area contributed by atoms with Crippen molar-refractivity contribution in [2.45, 2.75) is 53.5 Å². The van der Waals surface area contributed by atoms with Gasteiger partial charge in [-0.15, -0.1) is 5.10 Å². The van der Waals surface area contributed by atoms with Gasteiger partial charge in [0.15, 0.2) is 5.69 Å². The lowest BCUT2D eigenvalue weighted by molar-refractivity contribution is 0.0689. The van der Waals surface area contributed by atoms with Crippen LogP contribution in [0.15, 0.2) is 0 Å². The van der Waals surface area contributed by atoms with Crippen LogP contribution in [0.4, 0.5) is 0 Å². The van der Waals surface area contributed by atoms with Crippen LogP contribution in [-0.4, -0.2) is 26.1 Å². The summed E-state index contributed by atoms with van der Waals surface area (Å²) in [4.78, 5) is 11.2. The van der Waals surface area contributed by atoms with Gasteiger partial charge in [-0.25, -0.2) is 9.48 Å². The zero-order valence-electron chi connectivity index (χ0n) is 11.8. The maximum atomic E-state index is 11.2. The van der Waals surface area contributed by atoms with Crippen LogP contribution in [-0.2, 0) is 6.42 Å². The lowest BCUT2D eigenvalue weighted by atomic mass is 10.0. The summed E-state index contributed by atoms with van der Waals surface area (Å²) in [5, 5.41) is 17.0. The van der Waals surface area contributed by atoms with Gasteiger partial charge in [-0.1, -0.05) is 32.9 Å². The Bertz CT molecular complexity index is 410. The van der Waals surface area contributed by atoms with Crippen molar-refractivity contribution in [2.24, 2.45) is 11.8 Å². The first-order valence-corrected chi connectivity index (χ1v) is 6.52. The number of aromatic nitrogens is 3. The molecule has 1 heterocycles. The van der Waals surface area contributed by atoms with E-state index >= 15 is 0 Å². The zero-order valence-corrected chi connectivity index (χ0v) is 11.8. The predicted molar refractivity (Wildman–Crippen MR) is 69.7 cm³/mol. The van der Waals surface area contributed by atoms with E-state index in [9.17, 15) is 4.79 Å². The topological polar surface area (TPSA) is 68.0 Å². The molecule has 18 heavy (non-hydrogen) atoms. The first-order chi connectivity index (χ1) is 8.34. The Balaban J connectivity index is 3.06. The van der Waals surface area contributed by atoms with Crippen LogP contribution >= 0.6 is 0 Å². The van der Waals surface area contributed by atoms with Gasteiger partial charge in [-0.3, -0.25) is 0 Å². The van der Waals surface area contributed by atoms with Crippen LogP contribution < -0.4 is 0 Å². The molecular formula is C13H23N3O2. The Hall–Kier alpha value is -1.39. The SMILES string of the molecule is CC(C)CCc1c(C(=O)O)nnn1C(C)C(C)C. The number of aromatic carboxylic acids is 1. The molecule has 0 aliphatic heterocycles. The molecule has 0 saturated carbocycles. The fraction of sp³-hybridized carbons (Fsp3) is 0.769. The van der Waals surface area contributed by atoms with Crippen molar-refractivity contribution in [3.05, 3.63) is 11.4 Å². The van der Waals surface area contributed by atoms with E-state index in [2.05, 4.69) is 38.0 Å². The van der Waals surface area contributed by atoms with Gasteiger partial charge < -0.3 is 5.11 Å². The van der Waals surface area contributed by atoms with Crippen LogP contribution in [0.1, 0.15) is 63.3 Å². The highest BCUT2D eigenvalue weighted by atomic mass is 16.4. The van der Waals surface area contributed by atoms with Crippen molar-refractivity contribution in [3.63, 3.8) is 0 Å². The van der Waals surface area contributed by atoms with Crippen LogP contribution in [0.5, 0.6) is 0 Å². The number of hydrogen-bond acceptors (Lipinski definition) is 3. The fourth-order valence-corrected chi connectivity index (χ4v) is 1.75. The van der Waals surface area contributed by atoms with Crippen molar-refractivity contribution in [2.75, 3.05) is 0 Å². The van der Waals surface area contributed by atoms with Crippen LogP contribution in [0, 0.1) is 11.8 Å². The molecule has 0 fully saturated rings. The lowest BCUT2D eigenvalue weighted by Crippen LogP contribution is -2.17. The van der Waals surface area contributed by atoms with E-state index in [-0.39, 0.29) is 11.7 Å². The smallest absolute Gasteiger partial charge is 0.358 e. The molecule has 0 saturated heterocycles. The van der Waals surface area contributed by atoms with Crippen molar-refractivity contribution in [3.8, 4) is 0 Å². The van der Waals surface area contributed by atoms with E-state index in [1.165, 1.54) is 0 Å². The third-order valence-corrected chi connectivity index (χ3v) is 3.30. The van der Waals surface area contributed by atoms with Crippen molar-refractivity contribution in [1.29, 1.82) is 0 Å². The van der Waals surface area contributed by atoms with Gasteiger partial charge >= 0.3 is 5.97 Å². The van der Waals surface area contributed by atoms with Gasteiger partial charge in [-0.2, -0.15) is 0 Å². The molecule has 0 spiro atoms. The molecule has 1 atom stereocenters. The van der Waals surface area contributed by atoms with Gasteiger partial charge in [0.2, 0.25) is 0 Å². The summed E-state index contributed by atoms with van der Waals surface area (Å²) in [6, 6.07) is 0.160. The average Bonchev–Trinajstić information content (AvgIpc) is 2.68. The minimum absolute atomic E-state index is 0.100. The van der Waals surface area contributed by atoms with Crippen LogP contribution in [0.3, 0.4) is 0 Å². The van der Waals surface area contributed by atoms with E-state index < -0.39 is 5.97 Å². The summed E-state index contributed by atoms with van der Waals surface area (Å²) in [5.41, 5.74) is 0.848. The standard InChI is InChI=1S/C13H23N3O2/c1-8(2)6-7-11-12(13(17)18)14-15-16(11)10(5)9(3)4/h8-10H,6-7H2,1-5H3,(H,17,18). The van der Waals surface area contributed by atoms with E-state index in [0.29, 0.717) is 18.3 Å². The third-order valence-electron chi connectivity index (χ3n) is 3.30.